The third-order valence-corrected chi connectivity index (χ3v) is 6.06. The maximum absolute atomic E-state index is 13.3. The molecule has 0 aliphatic heterocycles. The van der Waals surface area contributed by atoms with E-state index in [-0.39, 0.29) is 5.92 Å². The van der Waals surface area contributed by atoms with E-state index >= 15 is 0 Å². The Labute approximate surface area is 214 Å². The first-order valence-electron chi connectivity index (χ1n) is 12.0. The van der Waals surface area contributed by atoms with Crippen molar-refractivity contribution < 1.29 is 9.59 Å². The third kappa shape index (κ3) is 4.81. The molecule has 5 aromatic rings. The van der Waals surface area contributed by atoms with Crippen LogP contribution in [0, 0.1) is 6.92 Å². The summed E-state index contributed by atoms with van der Waals surface area (Å²) in [5.41, 5.74) is 10.0. The average Bonchev–Trinajstić information content (AvgIpc) is 3.38. The maximum atomic E-state index is 13.3. The van der Waals surface area contributed by atoms with Gasteiger partial charge in [-0.2, -0.15) is 5.10 Å². The summed E-state index contributed by atoms with van der Waals surface area (Å²) in [5.74, 6) is -0.303. The van der Waals surface area contributed by atoms with Gasteiger partial charge < -0.3 is 0 Å². The summed E-state index contributed by atoms with van der Waals surface area (Å²) in [5, 5.41) is 5.07. The topological polar surface area (TPSA) is 102 Å². The summed E-state index contributed by atoms with van der Waals surface area (Å²) in [6, 6.07) is 22.6. The van der Waals surface area contributed by atoms with E-state index in [2.05, 4.69) is 20.9 Å². The van der Waals surface area contributed by atoms with Gasteiger partial charge in [-0.1, -0.05) is 67.9 Å². The zero-order chi connectivity index (χ0) is 25.9. The molecular formula is C29H26N6O2. The largest absolute Gasteiger partial charge is 0.273 e. The van der Waals surface area contributed by atoms with Gasteiger partial charge in [0.2, 0.25) is 0 Å². The number of amides is 2. The van der Waals surface area contributed by atoms with Crippen molar-refractivity contribution in [1.29, 1.82) is 0 Å². The zero-order valence-corrected chi connectivity index (χ0v) is 20.8. The second kappa shape index (κ2) is 10.0. The second-order valence-corrected chi connectivity index (χ2v) is 9.04. The lowest BCUT2D eigenvalue weighted by atomic mass is 10.0. The van der Waals surface area contributed by atoms with Crippen LogP contribution in [0.15, 0.2) is 85.2 Å². The number of aromatic nitrogens is 4. The van der Waals surface area contributed by atoms with Crippen LogP contribution in [-0.4, -0.2) is 31.6 Å². The van der Waals surface area contributed by atoms with E-state index in [0.29, 0.717) is 39.2 Å². The molecule has 0 atom stereocenters. The molecule has 8 heteroatoms. The van der Waals surface area contributed by atoms with E-state index < -0.39 is 11.8 Å². The molecule has 0 radical (unpaired) electrons. The number of nitrogens with one attached hydrogen (secondary N) is 2. The monoisotopic (exact) mass is 490 g/mol. The van der Waals surface area contributed by atoms with E-state index in [1.807, 2.05) is 87.5 Å². The molecule has 0 unspecified atom stereocenters. The standard InChI is InChI=1S/C29H26N6O2/c1-18(2)27-23(17-31-35(27)26-10-6-7-15-30-26)29(37)34-33-28(36)22-16-25(20-13-11-19(3)12-14-20)32-24-9-5-4-8-21(22)24/h4-18H,1-3H3,(H,33,36)(H,34,37). The number of fused-ring (bicyclic) bond motifs is 1. The summed E-state index contributed by atoms with van der Waals surface area (Å²) < 4.78 is 1.64. The fraction of sp³-hybridized carbons (Fsp3) is 0.138. The molecule has 0 bridgehead atoms. The normalized spacial score (nSPS) is 11.0. The predicted octanol–water partition coefficient (Wildman–Crippen LogP) is 4.99. The van der Waals surface area contributed by atoms with Crippen LogP contribution < -0.4 is 10.9 Å². The first kappa shape index (κ1) is 23.9. The van der Waals surface area contributed by atoms with Crippen LogP contribution in [0.3, 0.4) is 0 Å². The first-order chi connectivity index (χ1) is 17.9. The van der Waals surface area contributed by atoms with Gasteiger partial charge in [0.1, 0.15) is 0 Å². The minimum Gasteiger partial charge on any atom is -0.267 e. The Morgan fingerprint density at radius 2 is 1.57 bits per heavy atom. The third-order valence-electron chi connectivity index (χ3n) is 6.06. The van der Waals surface area contributed by atoms with E-state index in [1.54, 1.807) is 16.9 Å². The molecule has 184 valence electrons. The number of hydrogen-bond acceptors (Lipinski definition) is 5. The highest BCUT2D eigenvalue weighted by molar-refractivity contribution is 6.08. The molecule has 0 saturated heterocycles. The van der Waals surface area contributed by atoms with Gasteiger partial charge in [0.05, 0.1) is 34.2 Å². The molecule has 2 aromatic carbocycles. The van der Waals surface area contributed by atoms with Crippen LogP contribution in [0.2, 0.25) is 0 Å². The minimum atomic E-state index is -0.462. The molecule has 3 aromatic heterocycles. The second-order valence-electron chi connectivity index (χ2n) is 9.04. The van der Waals surface area contributed by atoms with E-state index in [1.165, 1.54) is 6.20 Å². The molecule has 0 fully saturated rings. The molecular weight excluding hydrogens is 464 g/mol. The number of nitrogens with zero attached hydrogens (tertiary/aromatic N) is 4. The van der Waals surface area contributed by atoms with Crippen LogP contribution in [0.1, 0.15) is 51.7 Å². The molecule has 37 heavy (non-hydrogen) atoms. The number of pyridine rings is 2. The van der Waals surface area contributed by atoms with Crippen molar-refractivity contribution in [2.45, 2.75) is 26.7 Å². The van der Waals surface area contributed by atoms with Crippen molar-refractivity contribution in [2.24, 2.45) is 0 Å². The van der Waals surface area contributed by atoms with Gasteiger partial charge in [-0.25, -0.2) is 14.6 Å². The highest BCUT2D eigenvalue weighted by Crippen LogP contribution is 2.25. The minimum absolute atomic E-state index is 0.0119. The number of rotatable bonds is 5. The molecule has 2 N–H and O–H groups in total. The Hall–Kier alpha value is -4.85. The number of benzene rings is 2. The predicted molar refractivity (Wildman–Crippen MR) is 142 cm³/mol. The smallest absolute Gasteiger partial charge is 0.267 e. The Morgan fingerprint density at radius 1 is 0.865 bits per heavy atom. The van der Waals surface area contributed by atoms with Gasteiger partial charge in [-0.05, 0) is 37.1 Å². The molecule has 0 aliphatic rings. The average molecular weight is 491 g/mol. The highest BCUT2D eigenvalue weighted by atomic mass is 16.2. The lowest BCUT2D eigenvalue weighted by molar-refractivity contribution is 0.0847. The van der Waals surface area contributed by atoms with E-state index in [9.17, 15) is 9.59 Å². The van der Waals surface area contributed by atoms with Crippen molar-refractivity contribution >= 4 is 22.7 Å². The summed E-state index contributed by atoms with van der Waals surface area (Å²) >= 11 is 0. The van der Waals surface area contributed by atoms with Crippen molar-refractivity contribution in [2.75, 3.05) is 0 Å². The van der Waals surface area contributed by atoms with Crippen LogP contribution in [0.5, 0.6) is 0 Å². The summed E-state index contributed by atoms with van der Waals surface area (Å²) in [6.07, 6.45) is 3.16. The Kier molecular flexibility index (Phi) is 6.47. The van der Waals surface area contributed by atoms with Crippen molar-refractivity contribution in [1.82, 2.24) is 30.6 Å². The Balaban J connectivity index is 1.42. The van der Waals surface area contributed by atoms with Crippen molar-refractivity contribution in [3.05, 3.63) is 108 Å². The highest BCUT2D eigenvalue weighted by Gasteiger charge is 2.22. The lowest BCUT2D eigenvalue weighted by Crippen LogP contribution is -2.42. The number of para-hydroxylation sites is 1. The molecule has 0 spiro atoms. The first-order valence-corrected chi connectivity index (χ1v) is 12.0. The van der Waals surface area contributed by atoms with Gasteiger partial charge in [0.25, 0.3) is 11.8 Å². The maximum Gasteiger partial charge on any atom is 0.273 e. The number of carbonyl (C=O) groups is 2. The molecule has 0 aliphatic carbocycles. The number of aryl methyl sites for hydroxylation is 1. The van der Waals surface area contributed by atoms with Crippen LogP contribution in [0.4, 0.5) is 0 Å². The zero-order valence-electron chi connectivity index (χ0n) is 20.8. The van der Waals surface area contributed by atoms with Crippen molar-refractivity contribution in [3.8, 4) is 17.1 Å². The molecule has 0 saturated carbocycles. The van der Waals surface area contributed by atoms with Crippen LogP contribution >= 0.6 is 0 Å². The van der Waals surface area contributed by atoms with E-state index in [4.69, 9.17) is 4.98 Å². The molecule has 8 nitrogen and oxygen atoms in total. The Morgan fingerprint density at radius 3 is 2.27 bits per heavy atom. The lowest BCUT2D eigenvalue weighted by Gasteiger charge is -2.13. The molecule has 3 heterocycles. The van der Waals surface area contributed by atoms with Gasteiger partial charge in [0, 0.05) is 17.1 Å². The molecule has 5 rings (SSSR count). The SMILES string of the molecule is Cc1ccc(-c2cc(C(=O)NNC(=O)c3cnn(-c4ccccn4)c3C(C)C)c3ccccc3n2)cc1. The number of hydrazine groups is 1. The summed E-state index contributed by atoms with van der Waals surface area (Å²) in [7, 11) is 0. The molecule has 2 amide bonds. The quantitative estimate of drug-likeness (QED) is 0.338. The fourth-order valence-corrected chi connectivity index (χ4v) is 4.23. The number of carbonyl (C=O) groups excluding carboxylic acids is 2. The summed E-state index contributed by atoms with van der Waals surface area (Å²) in [6.45, 7) is 5.97. The fourth-order valence-electron chi connectivity index (χ4n) is 4.23. The van der Waals surface area contributed by atoms with Crippen LogP contribution in [-0.2, 0) is 0 Å². The van der Waals surface area contributed by atoms with Crippen molar-refractivity contribution in [3.63, 3.8) is 0 Å². The number of hydrogen-bond donors (Lipinski definition) is 2. The summed E-state index contributed by atoms with van der Waals surface area (Å²) in [4.78, 5) is 35.5. The van der Waals surface area contributed by atoms with Gasteiger partial charge in [0.15, 0.2) is 5.82 Å². The van der Waals surface area contributed by atoms with E-state index in [0.717, 1.165) is 11.1 Å². The Bertz CT molecular complexity index is 1590. The van der Waals surface area contributed by atoms with Crippen LogP contribution in [0.25, 0.3) is 28.0 Å². The van der Waals surface area contributed by atoms with Gasteiger partial charge in [-0.3, -0.25) is 20.4 Å². The van der Waals surface area contributed by atoms with Gasteiger partial charge >= 0.3 is 0 Å². The van der Waals surface area contributed by atoms with Gasteiger partial charge in [-0.15, -0.1) is 0 Å².